The van der Waals surface area contributed by atoms with E-state index in [-0.39, 0.29) is 6.61 Å². The van der Waals surface area contributed by atoms with Crippen LogP contribution in [0.5, 0.6) is 11.5 Å². The monoisotopic (exact) mass is 267 g/mol. The molecule has 0 spiro atoms. The largest absolute Gasteiger partial charge is 0.493 e. The number of ether oxygens (including phenoxy) is 2. The predicted molar refractivity (Wildman–Crippen MR) is 76.8 cm³/mol. The Balaban J connectivity index is 2.50. The summed E-state index contributed by atoms with van der Waals surface area (Å²) in [6.45, 7) is 1.72. The highest BCUT2D eigenvalue weighted by Crippen LogP contribution is 2.31. The van der Waals surface area contributed by atoms with Crippen LogP contribution in [0.15, 0.2) is 18.2 Å². The zero-order valence-electron chi connectivity index (χ0n) is 11.9. The Morgan fingerprint density at radius 1 is 1.16 bits per heavy atom. The number of aliphatic hydroxyl groups is 1. The molecule has 0 heterocycles. The Kier molecular flexibility index (Phi) is 8.02. The van der Waals surface area contributed by atoms with Gasteiger partial charge < -0.3 is 19.9 Å². The summed E-state index contributed by atoms with van der Waals surface area (Å²) >= 11 is 0. The molecule has 0 saturated heterocycles. The van der Waals surface area contributed by atoms with Crippen molar-refractivity contribution in [3.05, 3.63) is 23.8 Å². The molecule has 0 bridgehead atoms. The highest BCUT2D eigenvalue weighted by molar-refractivity contribution is 5.46. The number of benzene rings is 1. The minimum atomic E-state index is 0.277. The van der Waals surface area contributed by atoms with Gasteiger partial charge in [0.2, 0.25) is 0 Å². The molecule has 0 amide bonds. The smallest absolute Gasteiger partial charge is 0.165 e. The number of para-hydroxylation sites is 1. The minimum Gasteiger partial charge on any atom is -0.493 e. The van der Waals surface area contributed by atoms with E-state index >= 15 is 0 Å². The number of hydrogen-bond donors (Lipinski definition) is 2. The van der Waals surface area contributed by atoms with Crippen molar-refractivity contribution in [2.75, 3.05) is 27.4 Å². The van der Waals surface area contributed by atoms with Crippen molar-refractivity contribution in [2.45, 2.75) is 32.2 Å². The fourth-order valence-corrected chi connectivity index (χ4v) is 1.96. The molecule has 1 aromatic rings. The van der Waals surface area contributed by atoms with Crippen molar-refractivity contribution in [1.29, 1.82) is 0 Å². The second kappa shape index (κ2) is 9.64. The number of rotatable bonds is 10. The van der Waals surface area contributed by atoms with Crippen molar-refractivity contribution in [2.24, 2.45) is 0 Å². The quantitative estimate of drug-likeness (QED) is 0.639. The molecule has 0 fully saturated rings. The predicted octanol–water partition coefficient (Wildman–Crippen LogP) is 2.35. The number of aliphatic hydroxyl groups excluding tert-OH is 1. The van der Waals surface area contributed by atoms with E-state index in [1.54, 1.807) is 7.11 Å². The van der Waals surface area contributed by atoms with Gasteiger partial charge in [-0.05, 0) is 32.4 Å². The zero-order chi connectivity index (χ0) is 13.9. The third-order valence-electron chi connectivity index (χ3n) is 2.95. The third kappa shape index (κ3) is 5.49. The van der Waals surface area contributed by atoms with Gasteiger partial charge in [0.05, 0.1) is 13.7 Å². The molecule has 4 nitrogen and oxygen atoms in total. The van der Waals surface area contributed by atoms with Gasteiger partial charge in [0.1, 0.15) is 0 Å². The van der Waals surface area contributed by atoms with E-state index < -0.39 is 0 Å². The van der Waals surface area contributed by atoms with Gasteiger partial charge in [0, 0.05) is 18.7 Å². The van der Waals surface area contributed by atoms with Gasteiger partial charge in [-0.25, -0.2) is 0 Å². The van der Waals surface area contributed by atoms with E-state index in [0.29, 0.717) is 6.61 Å². The van der Waals surface area contributed by atoms with Gasteiger partial charge in [-0.1, -0.05) is 18.6 Å². The molecule has 0 atom stereocenters. The summed E-state index contributed by atoms with van der Waals surface area (Å²) in [6.07, 6.45) is 4.00. The number of unbranched alkanes of at least 4 members (excludes halogenated alkanes) is 3. The average molecular weight is 267 g/mol. The van der Waals surface area contributed by atoms with E-state index in [1.807, 2.05) is 25.2 Å². The highest BCUT2D eigenvalue weighted by atomic mass is 16.5. The maximum Gasteiger partial charge on any atom is 0.165 e. The molecule has 0 aromatic heterocycles. The maximum absolute atomic E-state index is 8.71. The Bertz CT molecular complexity index is 355. The van der Waals surface area contributed by atoms with Crippen molar-refractivity contribution in [3.63, 3.8) is 0 Å². The SMILES string of the molecule is CNCc1cccc(OC)c1OCCCCCCO. The summed E-state index contributed by atoms with van der Waals surface area (Å²) in [7, 11) is 3.57. The Labute approximate surface area is 115 Å². The lowest BCUT2D eigenvalue weighted by Crippen LogP contribution is -2.09. The van der Waals surface area contributed by atoms with Gasteiger partial charge in [-0.2, -0.15) is 0 Å². The lowest BCUT2D eigenvalue weighted by atomic mass is 10.1. The maximum atomic E-state index is 8.71. The molecule has 4 heteroatoms. The van der Waals surface area contributed by atoms with Crippen LogP contribution in [0.1, 0.15) is 31.2 Å². The molecular weight excluding hydrogens is 242 g/mol. The van der Waals surface area contributed by atoms with Crippen molar-refractivity contribution < 1.29 is 14.6 Å². The van der Waals surface area contributed by atoms with Gasteiger partial charge in [-0.3, -0.25) is 0 Å². The summed E-state index contributed by atoms with van der Waals surface area (Å²) in [5.41, 5.74) is 1.11. The second-order valence-corrected chi connectivity index (χ2v) is 4.47. The van der Waals surface area contributed by atoms with Gasteiger partial charge in [0.15, 0.2) is 11.5 Å². The molecule has 108 valence electrons. The summed E-state index contributed by atoms with van der Waals surface area (Å²) in [5, 5.41) is 11.8. The van der Waals surface area contributed by atoms with E-state index in [1.165, 1.54) is 0 Å². The van der Waals surface area contributed by atoms with Crippen LogP contribution < -0.4 is 14.8 Å². The zero-order valence-corrected chi connectivity index (χ0v) is 11.9. The fraction of sp³-hybridized carbons (Fsp3) is 0.600. The molecule has 0 aliphatic rings. The first-order chi connectivity index (χ1) is 9.33. The van der Waals surface area contributed by atoms with Crippen LogP contribution in [-0.4, -0.2) is 32.5 Å². The topological polar surface area (TPSA) is 50.7 Å². The molecule has 0 aliphatic carbocycles. The summed E-state index contributed by atoms with van der Waals surface area (Å²) in [6, 6.07) is 5.93. The number of methoxy groups -OCH3 is 1. The first kappa shape index (κ1) is 15.8. The number of nitrogens with one attached hydrogen (secondary N) is 1. The second-order valence-electron chi connectivity index (χ2n) is 4.47. The molecule has 0 radical (unpaired) electrons. The Hall–Kier alpha value is -1.26. The molecule has 1 rings (SSSR count). The molecule has 1 aromatic carbocycles. The summed E-state index contributed by atoms with van der Waals surface area (Å²) in [4.78, 5) is 0. The molecule has 0 unspecified atom stereocenters. The Morgan fingerprint density at radius 3 is 2.63 bits per heavy atom. The lowest BCUT2D eigenvalue weighted by Gasteiger charge is -2.14. The first-order valence-electron chi connectivity index (χ1n) is 6.87. The summed E-state index contributed by atoms with van der Waals surface area (Å²) in [5.74, 6) is 1.62. The van der Waals surface area contributed by atoms with Crippen LogP contribution >= 0.6 is 0 Å². The third-order valence-corrected chi connectivity index (χ3v) is 2.95. The standard InChI is InChI=1S/C15H25NO3/c1-16-12-13-8-7-9-14(18-2)15(13)19-11-6-4-3-5-10-17/h7-9,16-17H,3-6,10-12H2,1-2H3. The molecule has 2 N–H and O–H groups in total. The van der Waals surface area contributed by atoms with E-state index in [0.717, 1.165) is 49.3 Å². The molecular formula is C15H25NO3. The van der Waals surface area contributed by atoms with Crippen LogP contribution in [0.25, 0.3) is 0 Å². The minimum absolute atomic E-state index is 0.277. The lowest BCUT2D eigenvalue weighted by molar-refractivity contribution is 0.267. The normalized spacial score (nSPS) is 10.5. The fourth-order valence-electron chi connectivity index (χ4n) is 1.96. The van der Waals surface area contributed by atoms with Crippen molar-refractivity contribution in [3.8, 4) is 11.5 Å². The summed E-state index contributed by atoms with van der Waals surface area (Å²) < 4.78 is 11.2. The van der Waals surface area contributed by atoms with Crippen LogP contribution in [0.2, 0.25) is 0 Å². The highest BCUT2D eigenvalue weighted by Gasteiger charge is 2.09. The van der Waals surface area contributed by atoms with Crippen LogP contribution in [0.3, 0.4) is 0 Å². The van der Waals surface area contributed by atoms with Gasteiger partial charge in [-0.15, -0.1) is 0 Å². The van der Waals surface area contributed by atoms with Crippen molar-refractivity contribution >= 4 is 0 Å². The average Bonchev–Trinajstić information content (AvgIpc) is 2.44. The number of hydrogen-bond acceptors (Lipinski definition) is 4. The van der Waals surface area contributed by atoms with Crippen molar-refractivity contribution in [1.82, 2.24) is 5.32 Å². The van der Waals surface area contributed by atoms with E-state index in [9.17, 15) is 0 Å². The van der Waals surface area contributed by atoms with Gasteiger partial charge in [0.25, 0.3) is 0 Å². The first-order valence-corrected chi connectivity index (χ1v) is 6.87. The van der Waals surface area contributed by atoms with Gasteiger partial charge >= 0.3 is 0 Å². The molecule has 19 heavy (non-hydrogen) atoms. The van der Waals surface area contributed by atoms with Crippen LogP contribution in [0.4, 0.5) is 0 Å². The molecule has 0 saturated carbocycles. The Morgan fingerprint density at radius 2 is 1.95 bits per heavy atom. The van der Waals surface area contributed by atoms with E-state index in [2.05, 4.69) is 5.32 Å². The molecule has 0 aliphatic heterocycles. The van der Waals surface area contributed by atoms with E-state index in [4.69, 9.17) is 14.6 Å². The van der Waals surface area contributed by atoms with Crippen LogP contribution in [0, 0.1) is 0 Å². The van der Waals surface area contributed by atoms with Crippen LogP contribution in [-0.2, 0) is 6.54 Å².